The highest BCUT2D eigenvalue weighted by Gasteiger charge is 2.29. The van der Waals surface area contributed by atoms with Crippen LogP contribution in [0, 0.1) is 0 Å². The lowest BCUT2D eigenvalue weighted by molar-refractivity contribution is -0.114. The van der Waals surface area contributed by atoms with Crippen molar-refractivity contribution >= 4 is 44.8 Å². The van der Waals surface area contributed by atoms with Crippen molar-refractivity contribution in [3.05, 3.63) is 52.0 Å². The van der Waals surface area contributed by atoms with E-state index in [2.05, 4.69) is 21.2 Å². The van der Waals surface area contributed by atoms with Crippen molar-refractivity contribution in [1.82, 2.24) is 0 Å². The van der Waals surface area contributed by atoms with Gasteiger partial charge in [0.05, 0.1) is 11.4 Å². The number of nitrogens with one attached hydrogen (secondary N) is 1. The van der Waals surface area contributed by atoms with Gasteiger partial charge in [0.1, 0.15) is 0 Å². The summed E-state index contributed by atoms with van der Waals surface area (Å²) in [6.07, 6.45) is 0.767. The second-order valence-electron chi connectivity index (χ2n) is 6.29. The van der Waals surface area contributed by atoms with Crippen LogP contribution in [0.1, 0.15) is 22.8 Å². The third-order valence-electron chi connectivity index (χ3n) is 4.21. The van der Waals surface area contributed by atoms with Crippen molar-refractivity contribution in [2.45, 2.75) is 13.3 Å². The Balaban J connectivity index is 1.96. The van der Waals surface area contributed by atoms with Gasteiger partial charge in [-0.1, -0.05) is 15.9 Å². The summed E-state index contributed by atoms with van der Waals surface area (Å²) >= 11 is 3.47. The first kappa shape index (κ1) is 17.5. The third-order valence-corrected chi connectivity index (χ3v) is 4.67. The maximum Gasteiger partial charge on any atom is 0.258 e. The summed E-state index contributed by atoms with van der Waals surface area (Å²) in [5, 5.41) is 2.84. The Morgan fingerprint density at radius 3 is 2.44 bits per heavy atom. The zero-order valence-corrected chi connectivity index (χ0v) is 16.1. The second kappa shape index (κ2) is 6.88. The molecule has 2 aromatic rings. The topological polar surface area (TPSA) is 52.7 Å². The number of nitrogens with zero attached hydrogens (tertiary/aromatic N) is 2. The summed E-state index contributed by atoms with van der Waals surface area (Å²) in [4.78, 5) is 28.3. The van der Waals surface area contributed by atoms with Gasteiger partial charge < -0.3 is 15.1 Å². The number of hydrogen-bond acceptors (Lipinski definition) is 3. The van der Waals surface area contributed by atoms with Crippen LogP contribution in [0.3, 0.4) is 0 Å². The van der Waals surface area contributed by atoms with Crippen LogP contribution in [0.15, 0.2) is 40.9 Å². The number of fused-ring (bicyclic) bond motifs is 1. The van der Waals surface area contributed by atoms with E-state index in [1.54, 1.807) is 4.90 Å². The first-order valence-corrected chi connectivity index (χ1v) is 8.85. The molecule has 6 heteroatoms. The molecular formula is C19H20BrN3O2. The highest BCUT2D eigenvalue weighted by atomic mass is 79.9. The number of rotatable bonds is 3. The fourth-order valence-corrected chi connectivity index (χ4v) is 3.56. The van der Waals surface area contributed by atoms with Crippen LogP contribution in [0.25, 0.3) is 0 Å². The van der Waals surface area contributed by atoms with Gasteiger partial charge in [0.15, 0.2) is 0 Å². The number of benzene rings is 2. The molecule has 2 amide bonds. The van der Waals surface area contributed by atoms with Crippen molar-refractivity contribution in [3.8, 4) is 0 Å². The summed E-state index contributed by atoms with van der Waals surface area (Å²) in [6.45, 7) is 2.07. The molecule has 3 rings (SSSR count). The molecule has 1 aliphatic heterocycles. The average molecular weight is 402 g/mol. The smallest absolute Gasteiger partial charge is 0.258 e. The Morgan fingerprint density at radius 2 is 1.84 bits per heavy atom. The molecule has 5 nitrogen and oxygen atoms in total. The first-order chi connectivity index (χ1) is 11.9. The summed E-state index contributed by atoms with van der Waals surface area (Å²) in [5.74, 6) is -0.215. The second-order valence-corrected chi connectivity index (χ2v) is 7.21. The van der Waals surface area contributed by atoms with Crippen LogP contribution < -0.4 is 15.1 Å². The summed E-state index contributed by atoms with van der Waals surface area (Å²) < 4.78 is 0.889. The van der Waals surface area contributed by atoms with Gasteiger partial charge in [-0.3, -0.25) is 9.59 Å². The molecule has 0 saturated heterocycles. The van der Waals surface area contributed by atoms with Crippen LogP contribution in [0.5, 0.6) is 0 Å². The molecular weight excluding hydrogens is 382 g/mol. The lowest BCUT2D eigenvalue weighted by Crippen LogP contribution is -2.29. The quantitative estimate of drug-likeness (QED) is 0.853. The van der Waals surface area contributed by atoms with Crippen LogP contribution in [0.2, 0.25) is 0 Å². The lowest BCUT2D eigenvalue weighted by Gasteiger charge is -2.21. The maximum absolute atomic E-state index is 13.0. The third kappa shape index (κ3) is 3.54. The predicted octanol–water partition coefficient (Wildman–Crippen LogP) is 3.68. The maximum atomic E-state index is 13.0. The van der Waals surface area contributed by atoms with Crippen LogP contribution >= 0.6 is 15.9 Å². The molecule has 0 atom stereocenters. The number of halogens is 1. The van der Waals surface area contributed by atoms with E-state index in [1.807, 2.05) is 55.4 Å². The van der Waals surface area contributed by atoms with E-state index in [-0.39, 0.29) is 11.8 Å². The Kier molecular flexibility index (Phi) is 4.81. The number of carbonyl (C=O) groups is 2. The lowest BCUT2D eigenvalue weighted by atomic mass is 10.1. The summed E-state index contributed by atoms with van der Waals surface area (Å²) in [6, 6.07) is 11.4. The predicted molar refractivity (Wildman–Crippen MR) is 105 cm³/mol. The first-order valence-electron chi connectivity index (χ1n) is 8.06. The minimum absolute atomic E-state index is 0.0574. The van der Waals surface area contributed by atoms with E-state index in [0.717, 1.165) is 27.8 Å². The van der Waals surface area contributed by atoms with Gasteiger partial charge >= 0.3 is 0 Å². The average Bonchev–Trinajstić information content (AvgIpc) is 2.97. The molecule has 0 bridgehead atoms. The van der Waals surface area contributed by atoms with Crippen LogP contribution in [0.4, 0.5) is 17.1 Å². The molecule has 0 aliphatic carbocycles. The Hall–Kier alpha value is -2.34. The van der Waals surface area contributed by atoms with E-state index in [9.17, 15) is 9.59 Å². The van der Waals surface area contributed by atoms with Crippen molar-refractivity contribution in [3.63, 3.8) is 0 Å². The molecule has 1 aliphatic rings. The van der Waals surface area contributed by atoms with E-state index in [0.29, 0.717) is 17.8 Å². The fraction of sp³-hybridized carbons (Fsp3) is 0.263. The molecule has 1 heterocycles. The number of hydrogen-bond donors (Lipinski definition) is 1. The Morgan fingerprint density at radius 1 is 1.16 bits per heavy atom. The molecule has 0 spiro atoms. The van der Waals surface area contributed by atoms with Gasteiger partial charge in [-0.05, 0) is 48.4 Å². The fourth-order valence-electron chi connectivity index (χ4n) is 3.06. The Labute approximate surface area is 155 Å². The van der Waals surface area contributed by atoms with Gasteiger partial charge in [0.25, 0.3) is 5.91 Å². The minimum Gasteiger partial charge on any atom is -0.378 e. The van der Waals surface area contributed by atoms with Crippen molar-refractivity contribution < 1.29 is 9.59 Å². The molecule has 0 saturated carbocycles. The van der Waals surface area contributed by atoms with E-state index < -0.39 is 0 Å². The molecule has 1 N–H and O–H groups in total. The van der Waals surface area contributed by atoms with Crippen molar-refractivity contribution in [1.29, 1.82) is 0 Å². The van der Waals surface area contributed by atoms with Gasteiger partial charge in [-0.2, -0.15) is 0 Å². The highest BCUT2D eigenvalue weighted by Crippen LogP contribution is 2.39. The van der Waals surface area contributed by atoms with E-state index in [4.69, 9.17) is 0 Å². The monoisotopic (exact) mass is 401 g/mol. The number of carbonyl (C=O) groups excluding carboxylic acids is 2. The van der Waals surface area contributed by atoms with Crippen molar-refractivity contribution in [2.24, 2.45) is 0 Å². The molecule has 0 radical (unpaired) electrons. The summed E-state index contributed by atoms with van der Waals surface area (Å²) in [7, 11) is 3.93. The largest absolute Gasteiger partial charge is 0.378 e. The normalized spacial score (nSPS) is 12.7. The van der Waals surface area contributed by atoms with Gasteiger partial charge in [-0.25, -0.2) is 0 Å². The Bertz CT molecular complexity index is 831. The zero-order valence-electron chi connectivity index (χ0n) is 14.5. The SMILES string of the molecule is CC(=O)Nc1cc(Br)cc2c1N(C(=O)c1ccc(N(C)C)cc1)CC2. The molecule has 25 heavy (non-hydrogen) atoms. The number of anilines is 3. The summed E-state index contributed by atoms with van der Waals surface area (Å²) in [5.41, 5.74) is 4.18. The highest BCUT2D eigenvalue weighted by molar-refractivity contribution is 9.10. The zero-order chi connectivity index (χ0) is 18.1. The molecule has 130 valence electrons. The molecule has 0 unspecified atom stereocenters. The standard InChI is InChI=1S/C19H20BrN3O2/c1-12(24)21-17-11-15(20)10-14-8-9-23(18(14)17)19(25)13-4-6-16(7-5-13)22(2)3/h4-7,10-11H,8-9H2,1-3H3,(H,21,24). The van der Waals surface area contributed by atoms with E-state index >= 15 is 0 Å². The van der Waals surface area contributed by atoms with E-state index in [1.165, 1.54) is 6.92 Å². The minimum atomic E-state index is -0.157. The van der Waals surface area contributed by atoms with Gasteiger partial charge in [0, 0.05) is 43.3 Å². The van der Waals surface area contributed by atoms with Gasteiger partial charge in [0.2, 0.25) is 5.91 Å². The van der Waals surface area contributed by atoms with Crippen molar-refractivity contribution in [2.75, 3.05) is 35.8 Å². The number of amides is 2. The molecule has 0 fully saturated rings. The van der Waals surface area contributed by atoms with Crippen LogP contribution in [-0.2, 0) is 11.2 Å². The molecule has 2 aromatic carbocycles. The van der Waals surface area contributed by atoms with Gasteiger partial charge in [-0.15, -0.1) is 0 Å². The van der Waals surface area contributed by atoms with Crippen LogP contribution in [-0.4, -0.2) is 32.5 Å². The molecule has 0 aromatic heterocycles.